The number of benzene rings is 1. The smallest absolute Gasteiger partial charge is 0.254 e. The van der Waals surface area contributed by atoms with E-state index in [-0.39, 0.29) is 18.9 Å². The highest BCUT2D eigenvalue weighted by atomic mass is 32.2. The maximum Gasteiger partial charge on any atom is 0.254 e. The Morgan fingerprint density at radius 1 is 1.16 bits per heavy atom. The molecule has 5 rings (SSSR count). The first-order chi connectivity index (χ1) is 11.9. The molecule has 3 aliphatic carbocycles. The van der Waals surface area contributed by atoms with Crippen molar-refractivity contribution in [2.75, 3.05) is 0 Å². The van der Waals surface area contributed by atoms with Crippen LogP contribution in [0.5, 0.6) is 0 Å². The van der Waals surface area contributed by atoms with Gasteiger partial charge in [0.2, 0.25) is 10.0 Å². The number of H-pyrrole nitrogens is 1. The molecule has 25 heavy (non-hydrogen) atoms. The number of alkyl halides is 2. The lowest BCUT2D eigenvalue weighted by molar-refractivity contribution is 0.0730. The van der Waals surface area contributed by atoms with Crippen LogP contribution < -0.4 is 0 Å². The average molecular weight is 366 g/mol. The standard InChI is InChI=1S/C18H20F2N2O2S/c19-18(20)15-8-14(9-16(15)18)25(23,24)22(13-5-6-13)10-12-7-11-3-1-2-4-17(11)21-12/h1-4,7,13-16,21H,5-6,8-10H2. The summed E-state index contributed by atoms with van der Waals surface area (Å²) in [7, 11) is -3.55. The van der Waals surface area contributed by atoms with Gasteiger partial charge in [-0.3, -0.25) is 0 Å². The van der Waals surface area contributed by atoms with Crippen LogP contribution in [0.1, 0.15) is 31.4 Å². The second-order valence-electron chi connectivity index (χ2n) is 7.68. The Balaban J connectivity index is 1.39. The normalized spacial score (nSPS) is 30.8. The number of para-hydroxylation sites is 1. The van der Waals surface area contributed by atoms with Crippen LogP contribution in [0.15, 0.2) is 30.3 Å². The SMILES string of the molecule is O=S(=O)(C1CC2C(C1)C2(F)F)N(Cc1cc2ccccc2[nH]1)C1CC1. The van der Waals surface area contributed by atoms with E-state index in [9.17, 15) is 17.2 Å². The first-order valence-electron chi connectivity index (χ1n) is 8.82. The van der Waals surface area contributed by atoms with Gasteiger partial charge < -0.3 is 4.98 Å². The van der Waals surface area contributed by atoms with Gasteiger partial charge in [0.05, 0.1) is 11.8 Å². The van der Waals surface area contributed by atoms with E-state index in [1.54, 1.807) is 4.31 Å². The largest absolute Gasteiger partial charge is 0.357 e. The highest BCUT2D eigenvalue weighted by Gasteiger charge is 2.73. The number of hydrogen-bond donors (Lipinski definition) is 1. The maximum absolute atomic E-state index is 13.4. The monoisotopic (exact) mass is 366 g/mol. The molecule has 2 aromatic rings. The molecule has 0 spiro atoms. The van der Waals surface area contributed by atoms with Crippen LogP contribution in [0.2, 0.25) is 0 Å². The van der Waals surface area contributed by atoms with Crippen molar-refractivity contribution in [1.82, 2.24) is 9.29 Å². The number of fused-ring (bicyclic) bond motifs is 2. The van der Waals surface area contributed by atoms with Gasteiger partial charge in [0, 0.05) is 29.1 Å². The van der Waals surface area contributed by atoms with Gasteiger partial charge in [0.1, 0.15) is 0 Å². The van der Waals surface area contributed by atoms with Crippen LogP contribution in [0.3, 0.4) is 0 Å². The predicted molar refractivity (Wildman–Crippen MR) is 90.7 cm³/mol. The third kappa shape index (κ3) is 2.43. The van der Waals surface area contributed by atoms with Gasteiger partial charge >= 0.3 is 0 Å². The summed E-state index contributed by atoms with van der Waals surface area (Å²) >= 11 is 0. The quantitative estimate of drug-likeness (QED) is 0.880. The fraction of sp³-hybridized carbons (Fsp3) is 0.556. The second kappa shape index (κ2) is 5.04. The van der Waals surface area contributed by atoms with Gasteiger partial charge in [-0.2, -0.15) is 4.31 Å². The number of halogens is 2. The molecule has 4 nitrogen and oxygen atoms in total. The molecule has 1 aromatic heterocycles. The van der Waals surface area contributed by atoms with E-state index in [1.165, 1.54) is 0 Å². The molecular formula is C18H20F2N2O2S. The molecule has 1 heterocycles. The summed E-state index contributed by atoms with van der Waals surface area (Å²) in [5.74, 6) is -4.07. The Morgan fingerprint density at radius 3 is 2.48 bits per heavy atom. The zero-order valence-corrected chi connectivity index (χ0v) is 14.5. The van der Waals surface area contributed by atoms with Crippen LogP contribution in [-0.2, 0) is 16.6 Å². The molecule has 2 atom stereocenters. The molecular weight excluding hydrogens is 346 g/mol. The van der Waals surface area contributed by atoms with Crippen LogP contribution in [0.25, 0.3) is 10.9 Å². The molecule has 3 aliphatic rings. The second-order valence-corrected chi connectivity index (χ2v) is 9.85. The molecule has 0 aliphatic heterocycles. The molecule has 0 amide bonds. The topological polar surface area (TPSA) is 53.2 Å². The minimum absolute atomic E-state index is 0.0221. The number of aromatic nitrogens is 1. The first-order valence-corrected chi connectivity index (χ1v) is 10.3. The minimum Gasteiger partial charge on any atom is -0.357 e. The number of nitrogens with one attached hydrogen (secondary N) is 1. The Labute approximate surface area is 145 Å². The number of nitrogens with zero attached hydrogens (tertiary/aromatic N) is 1. The van der Waals surface area contributed by atoms with E-state index in [0.717, 1.165) is 29.4 Å². The molecule has 134 valence electrons. The molecule has 1 N–H and O–H groups in total. The van der Waals surface area contributed by atoms with Gasteiger partial charge in [0.15, 0.2) is 0 Å². The van der Waals surface area contributed by atoms with E-state index < -0.39 is 33.0 Å². The molecule has 0 bridgehead atoms. The van der Waals surface area contributed by atoms with Crippen molar-refractivity contribution in [2.24, 2.45) is 11.8 Å². The van der Waals surface area contributed by atoms with Gasteiger partial charge in [-0.15, -0.1) is 0 Å². The van der Waals surface area contributed by atoms with Crippen molar-refractivity contribution in [2.45, 2.75) is 49.4 Å². The molecule has 1 aromatic carbocycles. The summed E-state index contributed by atoms with van der Waals surface area (Å²) < 4.78 is 54.6. The van der Waals surface area contributed by atoms with Gasteiger partial charge in [-0.25, -0.2) is 17.2 Å². The lowest BCUT2D eigenvalue weighted by atomic mass is 10.2. The molecule has 3 fully saturated rings. The third-order valence-electron chi connectivity index (χ3n) is 6.01. The predicted octanol–water partition coefficient (Wildman–Crippen LogP) is 3.51. The average Bonchev–Trinajstić information content (AvgIpc) is 3.32. The Bertz CT molecular complexity index is 888. The van der Waals surface area contributed by atoms with Gasteiger partial charge in [-0.05, 0) is 43.2 Å². The molecule has 2 unspecified atom stereocenters. The molecule has 7 heteroatoms. The van der Waals surface area contributed by atoms with E-state index >= 15 is 0 Å². The highest BCUT2D eigenvalue weighted by molar-refractivity contribution is 7.89. The Kier molecular flexibility index (Phi) is 3.18. The van der Waals surface area contributed by atoms with Crippen molar-refractivity contribution < 1.29 is 17.2 Å². The summed E-state index contributed by atoms with van der Waals surface area (Å²) in [6, 6.07) is 9.82. The Hall–Kier alpha value is -1.47. The fourth-order valence-electron chi connectivity index (χ4n) is 4.38. The van der Waals surface area contributed by atoms with Crippen molar-refractivity contribution in [3.05, 3.63) is 36.0 Å². The highest BCUT2D eigenvalue weighted by Crippen LogP contribution is 2.65. The molecule has 0 saturated heterocycles. The van der Waals surface area contributed by atoms with Gasteiger partial charge in [-0.1, -0.05) is 18.2 Å². The van der Waals surface area contributed by atoms with Crippen molar-refractivity contribution in [3.8, 4) is 0 Å². The summed E-state index contributed by atoms with van der Waals surface area (Å²) in [6.07, 6.45) is 1.93. The van der Waals surface area contributed by atoms with Crippen molar-refractivity contribution >= 4 is 20.9 Å². The van der Waals surface area contributed by atoms with Crippen LogP contribution in [0, 0.1) is 11.8 Å². The zero-order chi connectivity index (χ0) is 17.4. The maximum atomic E-state index is 13.4. The molecule has 3 saturated carbocycles. The van der Waals surface area contributed by atoms with Crippen molar-refractivity contribution in [1.29, 1.82) is 0 Å². The number of sulfonamides is 1. The van der Waals surface area contributed by atoms with Gasteiger partial charge in [0.25, 0.3) is 5.92 Å². The summed E-state index contributed by atoms with van der Waals surface area (Å²) in [4.78, 5) is 3.28. The minimum atomic E-state index is -3.55. The van der Waals surface area contributed by atoms with E-state index in [1.807, 2.05) is 30.3 Å². The summed E-state index contributed by atoms with van der Waals surface area (Å²) in [6.45, 7) is 0.296. The zero-order valence-electron chi connectivity index (χ0n) is 13.7. The lowest BCUT2D eigenvalue weighted by Crippen LogP contribution is -2.40. The van der Waals surface area contributed by atoms with E-state index in [0.29, 0.717) is 6.54 Å². The number of aromatic amines is 1. The fourth-order valence-corrected chi connectivity index (χ4v) is 6.61. The summed E-state index contributed by atoms with van der Waals surface area (Å²) in [5.41, 5.74) is 1.83. The van der Waals surface area contributed by atoms with Crippen molar-refractivity contribution in [3.63, 3.8) is 0 Å². The number of hydrogen-bond acceptors (Lipinski definition) is 2. The lowest BCUT2D eigenvalue weighted by Gasteiger charge is -2.26. The third-order valence-corrected chi connectivity index (χ3v) is 8.32. The van der Waals surface area contributed by atoms with E-state index in [4.69, 9.17) is 0 Å². The van der Waals surface area contributed by atoms with Crippen LogP contribution in [-0.4, -0.2) is 34.9 Å². The summed E-state index contributed by atoms with van der Waals surface area (Å²) in [5, 5.41) is 0.402. The van der Waals surface area contributed by atoms with E-state index in [2.05, 4.69) is 4.98 Å². The van der Waals surface area contributed by atoms with Crippen LogP contribution >= 0.6 is 0 Å². The molecule has 0 radical (unpaired) electrons. The Morgan fingerprint density at radius 2 is 1.84 bits per heavy atom. The first kappa shape index (κ1) is 15.8. The van der Waals surface area contributed by atoms with Crippen LogP contribution in [0.4, 0.5) is 8.78 Å². The number of rotatable bonds is 5.